The summed E-state index contributed by atoms with van der Waals surface area (Å²) in [6.45, 7) is 0. The van der Waals surface area contributed by atoms with Gasteiger partial charge in [-0.2, -0.15) is 19.6 Å². The number of para-hydroxylation sites is 2. The monoisotopic (exact) mass is 744 g/mol. The van der Waals surface area contributed by atoms with Gasteiger partial charge < -0.3 is 0 Å². The molecule has 18 heteroatoms. The Morgan fingerprint density at radius 1 is 0.600 bits per heavy atom. The number of carbonyl (C=O) groups excluding carboxylic acids is 2. The highest BCUT2D eigenvalue weighted by Gasteiger charge is 2.12. The van der Waals surface area contributed by atoms with Crippen LogP contribution in [0.5, 0.6) is 0 Å². The number of hydrazone groups is 2. The van der Waals surface area contributed by atoms with Crippen molar-refractivity contribution >= 4 is 71.0 Å². The minimum atomic E-state index is -0.252. The molecule has 0 atom stereocenters. The molecule has 6 aromatic rings. The molecule has 4 aromatic carbocycles. The summed E-state index contributed by atoms with van der Waals surface area (Å²) in [6.07, 6.45) is 3.10. The lowest BCUT2D eigenvalue weighted by molar-refractivity contribution is -0.119. The lowest BCUT2D eigenvalue weighted by Gasteiger charge is -2.03. The van der Waals surface area contributed by atoms with E-state index in [2.05, 4.69) is 52.1 Å². The molecule has 2 aromatic heterocycles. The van der Waals surface area contributed by atoms with Crippen molar-refractivity contribution in [1.29, 1.82) is 0 Å². The zero-order valence-corrected chi connectivity index (χ0v) is 29.0. The van der Waals surface area contributed by atoms with Crippen molar-refractivity contribution in [2.45, 2.75) is 10.3 Å². The van der Waals surface area contributed by atoms with Crippen molar-refractivity contribution in [2.75, 3.05) is 11.5 Å². The van der Waals surface area contributed by atoms with E-state index in [4.69, 9.17) is 23.2 Å². The van der Waals surface area contributed by atoms with E-state index in [1.54, 1.807) is 70.3 Å². The molecular weight excluding hydrogens is 719 g/mol. The molecule has 0 bridgehead atoms. The molecule has 14 nitrogen and oxygen atoms in total. The highest BCUT2D eigenvalue weighted by Crippen LogP contribution is 2.18. The number of amides is 2. The minimum absolute atomic E-state index is 0.144. The van der Waals surface area contributed by atoms with Crippen LogP contribution in [0, 0.1) is 0 Å². The van der Waals surface area contributed by atoms with E-state index in [9.17, 15) is 9.59 Å². The van der Waals surface area contributed by atoms with E-state index in [0.29, 0.717) is 20.4 Å². The smallest absolute Gasteiger partial charge is 0.250 e. The summed E-state index contributed by atoms with van der Waals surface area (Å²) in [7, 11) is 0. The zero-order chi connectivity index (χ0) is 35.0. The number of halogens is 2. The molecule has 2 heterocycles. The second-order valence-electron chi connectivity index (χ2n) is 9.68. The Morgan fingerprint density at radius 3 is 1.36 bits per heavy atom. The SMILES string of the molecule is O=C(CSc1nnnn1-c1ccccc1)N/N=C/c1ccc(Cl)cc1.O=C(CSc1nnnn1-c1ccccc1)N/N=C\c1ccc(Cl)cc1. The van der Waals surface area contributed by atoms with Crippen LogP contribution < -0.4 is 10.9 Å². The molecule has 2 N–H and O–H groups in total. The molecule has 0 unspecified atom stereocenters. The number of rotatable bonds is 12. The lowest BCUT2D eigenvalue weighted by atomic mass is 10.2. The highest BCUT2D eigenvalue weighted by molar-refractivity contribution is 8.00. The summed E-state index contributed by atoms with van der Waals surface area (Å²) in [6, 6.07) is 33.2. The van der Waals surface area contributed by atoms with Gasteiger partial charge in [-0.15, -0.1) is 10.2 Å². The number of aromatic nitrogens is 8. The van der Waals surface area contributed by atoms with E-state index in [1.807, 2.05) is 60.7 Å². The quantitative estimate of drug-likeness (QED) is 0.0975. The Labute approximate surface area is 304 Å². The van der Waals surface area contributed by atoms with Crippen LogP contribution in [-0.4, -0.2) is 76.2 Å². The normalized spacial score (nSPS) is 10.9. The molecule has 0 radical (unpaired) electrons. The molecule has 0 saturated carbocycles. The van der Waals surface area contributed by atoms with Gasteiger partial charge in [0.1, 0.15) is 0 Å². The molecule has 2 amide bonds. The van der Waals surface area contributed by atoms with Crippen molar-refractivity contribution in [1.82, 2.24) is 51.3 Å². The highest BCUT2D eigenvalue weighted by atomic mass is 35.5. The van der Waals surface area contributed by atoms with E-state index in [-0.39, 0.29) is 23.3 Å². The summed E-state index contributed by atoms with van der Waals surface area (Å²) in [5.74, 6) is -0.216. The topological polar surface area (TPSA) is 170 Å². The molecule has 252 valence electrons. The number of carbonyl (C=O) groups is 2. The fourth-order valence-corrected chi connectivity index (χ4v) is 5.40. The number of benzene rings is 4. The predicted molar refractivity (Wildman–Crippen MR) is 194 cm³/mol. The maximum atomic E-state index is 11.9. The fourth-order valence-electron chi connectivity index (χ4n) is 3.78. The Bertz CT molecular complexity index is 1880. The average Bonchev–Trinajstić information content (AvgIpc) is 3.83. The molecule has 0 aliphatic rings. The van der Waals surface area contributed by atoms with Crippen molar-refractivity contribution in [3.05, 3.63) is 130 Å². The van der Waals surface area contributed by atoms with Gasteiger partial charge in [0.05, 0.1) is 35.3 Å². The third-order valence-corrected chi connectivity index (χ3v) is 8.44. The van der Waals surface area contributed by atoms with Crippen LogP contribution in [0.15, 0.2) is 130 Å². The number of hydrogen-bond donors (Lipinski definition) is 2. The largest absolute Gasteiger partial charge is 0.272 e. The summed E-state index contributed by atoms with van der Waals surface area (Å²) >= 11 is 14.1. The van der Waals surface area contributed by atoms with E-state index in [0.717, 1.165) is 22.5 Å². The second kappa shape index (κ2) is 18.9. The molecule has 0 fully saturated rings. The minimum Gasteiger partial charge on any atom is -0.272 e. The zero-order valence-electron chi connectivity index (χ0n) is 25.8. The summed E-state index contributed by atoms with van der Waals surface area (Å²) in [4.78, 5) is 23.8. The van der Waals surface area contributed by atoms with E-state index in [1.165, 1.54) is 23.5 Å². The van der Waals surface area contributed by atoms with Crippen LogP contribution in [-0.2, 0) is 9.59 Å². The average molecular weight is 746 g/mol. The Balaban J connectivity index is 0.000000194. The van der Waals surface area contributed by atoms with E-state index < -0.39 is 0 Å². The second-order valence-corrected chi connectivity index (χ2v) is 12.4. The van der Waals surface area contributed by atoms with Crippen LogP contribution in [0.25, 0.3) is 11.4 Å². The number of tetrazole rings is 2. The first-order valence-electron chi connectivity index (χ1n) is 14.5. The summed E-state index contributed by atoms with van der Waals surface area (Å²) < 4.78 is 3.16. The third kappa shape index (κ3) is 11.3. The first kappa shape index (κ1) is 35.9. The first-order valence-corrected chi connectivity index (χ1v) is 17.3. The van der Waals surface area contributed by atoms with Gasteiger partial charge in [0.15, 0.2) is 0 Å². The Kier molecular flexibility index (Phi) is 13.6. The third-order valence-electron chi connectivity index (χ3n) is 6.09. The molecule has 50 heavy (non-hydrogen) atoms. The van der Waals surface area contributed by atoms with Gasteiger partial charge in [-0.05, 0) is 80.5 Å². The molecular formula is C32H26Cl2N12O2S2. The number of thioether (sulfide) groups is 2. The van der Waals surface area contributed by atoms with Crippen LogP contribution in [0.4, 0.5) is 0 Å². The van der Waals surface area contributed by atoms with Gasteiger partial charge in [0.2, 0.25) is 10.3 Å². The van der Waals surface area contributed by atoms with Crippen molar-refractivity contribution < 1.29 is 9.59 Å². The van der Waals surface area contributed by atoms with Gasteiger partial charge in [-0.1, -0.05) is 107 Å². The molecule has 0 saturated heterocycles. The Hall–Kier alpha value is -5.42. The number of hydrogen-bond acceptors (Lipinski definition) is 12. The van der Waals surface area contributed by atoms with Gasteiger partial charge in [-0.3, -0.25) is 9.59 Å². The summed E-state index contributed by atoms with van der Waals surface area (Å²) in [5.41, 5.74) is 8.27. The van der Waals surface area contributed by atoms with Crippen LogP contribution in [0.3, 0.4) is 0 Å². The van der Waals surface area contributed by atoms with Crippen molar-refractivity contribution in [3.63, 3.8) is 0 Å². The summed E-state index contributed by atoms with van der Waals surface area (Å²) in [5, 5.41) is 33.2. The number of nitrogens with one attached hydrogen (secondary N) is 2. The molecule has 0 aliphatic heterocycles. The van der Waals surface area contributed by atoms with Crippen molar-refractivity contribution in [2.24, 2.45) is 10.2 Å². The molecule has 6 rings (SSSR count). The van der Waals surface area contributed by atoms with Crippen LogP contribution >= 0.6 is 46.7 Å². The maximum absolute atomic E-state index is 11.9. The lowest BCUT2D eigenvalue weighted by Crippen LogP contribution is -2.20. The van der Waals surface area contributed by atoms with Gasteiger partial charge >= 0.3 is 0 Å². The van der Waals surface area contributed by atoms with Crippen LogP contribution in [0.1, 0.15) is 11.1 Å². The van der Waals surface area contributed by atoms with E-state index >= 15 is 0 Å². The molecule has 0 aliphatic carbocycles. The number of nitrogens with zero attached hydrogens (tertiary/aromatic N) is 10. The Morgan fingerprint density at radius 2 is 0.980 bits per heavy atom. The van der Waals surface area contributed by atoms with Crippen LogP contribution in [0.2, 0.25) is 10.0 Å². The van der Waals surface area contributed by atoms with Gasteiger partial charge in [0, 0.05) is 10.0 Å². The molecule has 0 spiro atoms. The predicted octanol–water partition coefficient (Wildman–Crippen LogP) is 5.12. The van der Waals surface area contributed by atoms with Gasteiger partial charge in [-0.25, -0.2) is 10.9 Å². The standard InChI is InChI=1S/2C16H13ClN6OS/c2*17-13-8-6-12(7-9-13)10-18-19-15(24)11-25-16-20-21-22-23(16)14-4-2-1-3-5-14/h2*1-10H,11H2,(H,19,24)/b18-10+;18-10-. The maximum Gasteiger partial charge on any atom is 0.250 e. The first-order chi connectivity index (χ1) is 24.4. The van der Waals surface area contributed by atoms with Crippen molar-refractivity contribution in [3.8, 4) is 11.4 Å². The van der Waals surface area contributed by atoms with Gasteiger partial charge in [0.25, 0.3) is 11.8 Å². The fraction of sp³-hybridized carbons (Fsp3) is 0.0625.